The summed E-state index contributed by atoms with van der Waals surface area (Å²) in [5, 5.41) is 3.40. The molecule has 0 bridgehead atoms. The third-order valence-corrected chi connectivity index (χ3v) is 2.92. The highest BCUT2D eigenvalue weighted by Gasteiger charge is 2.38. The number of rotatable bonds is 1. The van der Waals surface area contributed by atoms with Gasteiger partial charge in [0.05, 0.1) is 13.2 Å². The quantitative estimate of drug-likeness (QED) is 0.701. The van der Waals surface area contributed by atoms with Gasteiger partial charge in [0.25, 0.3) is 0 Å². The predicted octanol–water partition coefficient (Wildman–Crippen LogP) is 1.17. The topological polar surface area (TPSA) is 30.5 Å². The zero-order valence-electron chi connectivity index (χ0n) is 8.04. The van der Waals surface area contributed by atoms with E-state index in [0.29, 0.717) is 5.92 Å². The molecule has 2 saturated heterocycles. The molecule has 4 heteroatoms. The van der Waals surface area contributed by atoms with Crippen molar-refractivity contribution in [2.75, 3.05) is 26.4 Å². The Morgan fingerprint density at radius 2 is 2.23 bits per heavy atom. The van der Waals surface area contributed by atoms with Crippen LogP contribution in [0.3, 0.4) is 0 Å². The first-order chi connectivity index (χ1) is 5.81. The Kier molecular flexibility index (Phi) is 3.98. The molecule has 0 spiro atoms. The summed E-state index contributed by atoms with van der Waals surface area (Å²) in [5.41, 5.74) is -0.111. The van der Waals surface area contributed by atoms with Gasteiger partial charge in [0.1, 0.15) is 5.72 Å². The second-order valence-electron chi connectivity index (χ2n) is 3.80. The molecule has 2 unspecified atom stereocenters. The fraction of sp³-hybridized carbons (Fsp3) is 1.00. The molecule has 0 aromatic heterocycles. The standard InChI is InChI=1S/C9H17NO2.ClH/c1-9(10-4-6-12-9)8-3-2-5-11-7-8;/h8,10H,2-7H2,1H3;1H. The van der Waals surface area contributed by atoms with Gasteiger partial charge in [-0.05, 0) is 19.8 Å². The van der Waals surface area contributed by atoms with Crippen molar-refractivity contribution < 1.29 is 9.47 Å². The van der Waals surface area contributed by atoms with Crippen molar-refractivity contribution >= 4 is 12.4 Å². The normalized spacial score (nSPS) is 39.9. The van der Waals surface area contributed by atoms with Gasteiger partial charge >= 0.3 is 0 Å². The van der Waals surface area contributed by atoms with Gasteiger partial charge in [-0.2, -0.15) is 0 Å². The van der Waals surface area contributed by atoms with E-state index >= 15 is 0 Å². The Morgan fingerprint density at radius 3 is 2.77 bits per heavy atom. The molecule has 78 valence electrons. The van der Waals surface area contributed by atoms with Crippen LogP contribution in [-0.2, 0) is 9.47 Å². The summed E-state index contributed by atoms with van der Waals surface area (Å²) in [6.07, 6.45) is 2.40. The van der Waals surface area contributed by atoms with E-state index in [-0.39, 0.29) is 18.1 Å². The lowest BCUT2D eigenvalue weighted by Crippen LogP contribution is -2.48. The van der Waals surface area contributed by atoms with Crippen LogP contribution >= 0.6 is 12.4 Å². The summed E-state index contributed by atoms with van der Waals surface area (Å²) in [7, 11) is 0. The van der Waals surface area contributed by atoms with Gasteiger partial charge in [-0.1, -0.05) is 0 Å². The van der Waals surface area contributed by atoms with Gasteiger partial charge in [0, 0.05) is 19.1 Å². The SMILES string of the molecule is CC1(C2CCCOC2)NCCO1.Cl. The average molecular weight is 208 g/mol. The van der Waals surface area contributed by atoms with Gasteiger partial charge in [0.2, 0.25) is 0 Å². The van der Waals surface area contributed by atoms with E-state index in [1.165, 1.54) is 12.8 Å². The fourth-order valence-corrected chi connectivity index (χ4v) is 2.05. The lowest BCUT2D eigenvalue weighted by Gasteiger charge is -2.35. The third-order valence-electron chi connectivity index (χ3n) is 2.92. The first-order valence-corrected chi connectivity index (χ1v) is 4.78. The van der Waals surface area contributed by atoms with Crippen molar-refractivity contribution in [1.29, 1.82) is 0 Å². The van der Waals surface area contributed by atoms with Crippen molar-refractivity contribution in [2.45, 2.75) is 25.5 Å². The lowest BCUT2D eigenvalue weighted by atomic mass is 9.92. The lowest BCUT2D eigenvalue weighted by molar-refractivity contribution is -0.0917. The van der Waals surface area contributed by atoms with E-state index in [1.54, 1.807) is 0 Å². The van der Waals surface area contributed by atoms with Crippen LogP contribution in [0.4, 0.5) is 0 Å². The molecule has 13 heavy (non-hydrogen) atoms. The van der Waals surface area contributed by atoms with Crippen LogP contribution in [0.25, 0.3) is 0 Å². The van der Waals surface area contributed by atoms with Crippen LogP contribution in [0.2, 0.25) is 0 Å². The zero-order valence-corrected chi connectivity index (χ0v) is 8.86. The minimum absolute atomic E-state index is 0. The molecule has 0 aromatic carbocycles. The Labute approximate surface area is 85.6 Å². The van der Waals surface area contributed by atoms with Crippen LogP contribution in [0.15, 0.2) is 0 Å². The molecule has 0 aliphatic carbocycles. The molecule has 0 aromatic rings. The van der Waals surface area contributed by atoms with Gasteiger partial charge in [0.15, 0.2) is 0 Å². The number of hydrogen-bond donors (Lipinski definition) is 1. The average Bonchev–Trinajstić information content (AvgIpc) is 2.55. The summed E-state index contributed by atoms with van der Waals surface area (Å²) in [6, 6.07) is 0. The fourth-order valence-electron chi connectivity index (χ4n) is 2.05. The first-order valence-electron chi connectivity index (χ1n) is 4.78. The largest absolute Gasteiger partial charge is 0.381 e. The monoisotopic (exact) mass is 207 g/mol. The Morgan fingerprint density at radius 1 is 1.38 bits per heavy atom. The molecule has 1 N–H and O–H groups in total. The van der Waals surface area contributed by atoms with Crippen LogP contribution in [0, 0.1) is 5.92 Å². The molecule has 0 saturated carbocycles. The van der Waals surface area contributed by atoms with Gasteiger partial charge in [-0.15, -0.1) is 12.4 Å². The molecule has 3 nitrogen and oxygen atoms in total. The molecule has 0 amide bonds. The van der Waals surface area contributed by atoms with E-state index < -0.39 is 0 Å². The summed E-state index contributed by atoms with van der Waals surface area (Å²) in [4.78, 5) is 0. The Balaban J connectivity index is 0.000000845. The second kappa shape index (κ2) is 4.60. The third kappa shape index (κ3) is 2.34. The smallest absolute Gasteiger partial charge is 0.121 e. The predicted molar refractivity (Wildman–Crippen MR) is 53.2 cm³/mol. The van der Waals surface area contributed by atoms with Crippen molar-refractivity contribution in [3.8, 4) is 0 Å². The summed E-state index contributed by atoms with van der Waals surface area (Å²) in [5.74, 6) is 0.536. The van der Waals surface area contributed by atoms with Crippen LogP contribution in [-0.4, -0.2) is 32.1 Å². The van der Waals surface area contributed by atoms with Gasteiger partial charge in [-0.3, -0.25) is 5.32 Å². The Bertz CT molecular complexity index is 154. The van der Waals surface area contributed by atoms with Gasteiger partial charge < -0.3 is 9.47 Å². The summed E-state index contributed by atoms with van der Waals surface area (Å²) >= 11 is 0. The molecule has 2 fully saturated rings. The van der Waals surface area contributed by atoms with Crippen molar-refractivity contribution in [3.05, 3.63) is 0 Å². The van der Waals surface area contributed by atoms with E-state index in [1.807, 2.05) is 0 Å². The summed E-state index contributed by atoms with van der Waals surface area (Å²) < 4.78 is 11.1. The molecule has 2 heterocycles. The molecular formula is C9H18ClNO2. The Hall–Kier alpha value is 0.170. The maximum absolute atomic E-state index is 5.69. The second-order valence-corrected chi connectivity index (χ2v) is 3.80. The summed E-state index contributed by atoms with van der Waals surface area (Å²) in [6.45, 7) is 5.73. The highest BCUT2D eigenvalue weighted by Crippen LogP contribution is 2.28. The molecule has 2 atom stereocenters. The first kappa shape index (κ1) is 11.2. The maximum Gasteiger partial charge on any atom is 0.121 e. The van der Waals surface area contributed by atoms with E-state index in [9.17, 15) is 0 Å². The van der Waals surface area contributed by atoms with Crippen molar-refractivity contribution in [3.63, 3.8) is 0 Å². The molecule has 2 rings (SSSR count). The number of nitrogens with one attached hydrogen (secondary N) is 1. The molecule has 0 radical (unpaired) electrons. The van der Waals surface area contributed by atoms with Crippen LogP contribution < -0.4 is 5.32 Å². The minimum Gasteiger partial charge on any atom is -0.381 e. The number of hydrogen-bond acceptors (Lipinski definition) is 3. The van der Waals surface area contributed by atoms with Gasteiger partial charge in [-0.25, -0.2) is 0 Å². The van der Waals surface area contributed by atoms with Crippen molar-refractivity contribution in [2.24, 2.45) is 5.92 Å². The van der Waals surface area contributed by atoms with E-state index in [2.05, 4.69) is 12.2 Å². The number of ether oxygens (including phenoxy) is 2. The maximum atomic E-state index is 5.69. The van der Waals surface area contributed by atoms with Crippen LogP contribution in [0.1, 0.15) is 19.8 Å². The number of halogens is 1. The molecule has 2 aliphatic rings. The van der Waals surface area contributed by atoms with E-state index in [0.717, 1.165) is 26.4 Å². The zero-order chi connectivity index (χ0) is 8.44. The molecule has 2 aliphatic heterocycles. The van der Waals surface area contributed by atoms with Crippen molar-refractivity contribution in [1.82, 2.24) is 5.32 Å². The van der Waals surface area contributed by atoms with E-state index in [4.69, 9.17) is 9.47 Å². The highest BCUT2D eigenvalue weighted by molar-refractivity contribution is 5.85. The minimum atomic E-state index is -0.111. The highest BCUT2D eigenvalue weighted by atomic mass is 35.5. The molecular weight excluding hydrogens is 190 g/mol. The van der Waals surface area contributed by atoms with Crippen LogP contribution in [0.5, 0.6) is 0 Å².